The molecule has 0 aliphatic heterocycles. The van der Waals surface area contributed by atoms with Crippen LogP contribution in [0.2, 0.25) is 5.02 Å². The van der Waals surface area contributed by atoms with E-state index in [1.54, 1.807) is 12.1 Å². The molecule has 0 atom stereocenters. The van der Waals surface area contributed by atoms with Crippen LogP contribution in [0.3, 0.4) is 0 Å². The number of methoxy groups -OCH3 is 1. The molecular formula is C17H11ClN2O6. The van der Waals surface area contributed by atoms with Gasteiger partial charge in [-0.1, -0.05) is 11.6 Å². The van der Waals surface area contributed by atoms with E-state index < -0.39 is 16.5 Å². The van der Waals surface area contributed by atoms with Crippen molar-refractivity contribution in [3.63, 3.8) is 0 Å². The molecule has 132 valence electrons. The van der Waals surface area contributed by atoms with E-state index >= 15 is 0 Å². The predicted molar refractivity (Wildman–Crippen MR) is 95.1 cm³/mol. The summed E-state index contributed by atoms with van der Waals surface area (Å²) in [5, 5.41) is 14.1. The van der Waals surface area contributed by atoms with Gasteiger partial charge < -0.3 is 14.5 Å². The fourth-order valence-corrected chi connectivity index (χ4v) is 2.60. The number of nitrogens with one attached hydrogen (secondary N) is 1. The number of fused-ring (bicyclic) bond motifs is 1. The van der Waals surface area contributed by atoms with E-state index in [-0.39, 0.29) is 22.2 Å². The van der Waals surface area contributed by atoms with Crippen molar-refractivity contribution in [1.29, 1.82) is 0 Å². The highest BCUT2D eigenvalue weighted by atomic mass is 35.5. The van der Waals surface area contributed by atoms with Gasteiger partial charge in [0.05, 0.1) is 22.4 Å². The number of rotatable bonds is 4. The fourth-order valence-electron chi connectivity index (χ4n) is 2.34. The maximum atomic E-state index is 12.3. The Bertz CT molecular complexity index is 1090. The number of carbonyl (C=O) groups excluding carboxylic acids is 1. The lowest BCUT2D eigenvalue weighted by molar-refractivity contribution is -0.384. The molecule has 0 bridgehead atoms. The predicted octanol–water partition coefficient (Wildman–Crippen LogP) is 3.62. The van der Waals surface area contributed by atoms with Gasteiger partial charge in [-0.2, -0.15) is 0 Å². The second kappa shape index (κ2) is 6.85. The van der Waals surface area contributed by atoms with Crippen molar-refractivity contribution in [2.45, 2.75) is 0 Å². The van der Waals surface area contributed by atoms with Crippen molar-refractivity contribution < 1.29 is 18.9 Å². The molecule has 3 rings (SSSR count). The van der Waals surface area contributed by atoms with Crippen LogP contribution in [0.1, 0.15) is 10.6 Å². The van der Waals surface area contributed by atoms with Gasteiger partial charge in [0.15, 0.2) is 5.76 Å². The third-order valence-electron chi connectivity index (χ3n) is 3.59. The third-order valence-corrected chi connectivity index (χ3v) is 3.88. The second-order valence-corrected chi connectivity index (χ2v) is 5.64. The highest BCUT2D eigenvalue weighted by molar-refractivity contribution is 6.32. The molecule has 0 fully saturated rings. The topological polar surface area (TPSA) is 112 Å². The summed E-state index contributed by atoms with van der Waals surface area (Å²) in [6.07, 6.45) is 0. The number of nitrogens with zero attached hydrogens (tertiary/aromatic N) is 1. The summed E-state index contributed by atoms with van der Waals surface area (Å²) in [6, 6.07) is 9.55. The summed E-state index contributed by atoms with van der Waals surface area (Å²) in [4.78, 5) is 34.6. The molecule has 0 aliphatic carbocycles. The van der Waals surface area contributed by atoms with Gasteiger partial charge in [0.25, 0.3) is 11.6 Å². The molecule has 2 aromatic carbocycles. The number of nitro benzene ring substituents is 1. The average Bonchev–Trinajstić information content (AvgIpc) is 2.61. The van der Waals surface area contributed by atoms with Crippen molar-refractivity contribution in [3.05, 3.63) is 73.8 Å². The first-order chi connectivity index (χ1) is 12.4. The molecule has 3 aromatic rings. The molecule has 0 radical (unpaired) electrons. The first kappa shape index (κ1) is 17.4. The molecule has 1 aromatic heterocycles. The lowest BCUT2D eigenvalue weighted by Crippen LogP contribution is -2.15. The molecule has 9 heteroatoms. The van der Waals surface area contributed by atoms with Gasteiger partial charge in [0.1, 0.15) is 5.75 Å². The number of ether oxygens (including phenoxy) is 1. The van der Waals surface area contributed by atoms with Gasteiger partial charge in [-0.05, 0) is 35.7 Å². The molecule has 0 aliphatic rings. The summed E-state index contributed by atoms with van der Waals surface area (Å²) in [5.74, 6) is -0.541. The quantitative estimate of drug-likeness (QED) is 0.551. The average molecular weight is 375 g/mol. The number of hydrogen-bond acceptors (Lipinski definition) is 6. The Labute approximate surface area is 151 Å². The van der Waals surface area contributed by atoms with Crippen molar-refractivity contribution >= 4 is 39.7 Å². The van der Waals surface area contributed by atoms with E-state index in [9.17, 15) is 19.7 Å². The number of hydrogen-bond donors (Lipinski definition) is 1. The van der Waals surface area contributed by atoms with Crippen molar-refractivity contribution in [1.82, 2.24) is 0 Å². The Morgan fingerprint density at radius 3 is 2.65 bits per heavy atom. The molecule has 0 spiro atoms. The number of halogens is 1. The highest BCUT2D eigenvalue weighted by Gasteiger charge is 2.15. The normalized spacial score (nSPS) is 10.5. The molecule has 1 heterocycles. The maximum absolute atomic E-state index is 12.3. The Kier molecular flexibility index (Phi) is 4.59. The number of nitro groups is 1. The fraction of sp³-hybridized carbons (Fsp3) is 0.0588. The van der Waals surface area contributed by atoms with Crippen LogP contribution in [0.4, 0.5) is 11.4 Å². The highest BCUT2D eigenvalue weighted by Crippen LogP contribution is 2.27. The first-order valence-corrected chi connectivity index (χ1v) is 7.64. The Morgan fingerprint density at radius 2 is 2.00 bits per heavy atom. The summed E-state index contributed by atoms with van der Waals surface area (Å²) >= 11 is 6.00. The van der Waals surface area contributed by atoms with E-state index in [2.05, 4.69) is 5.32 Å². The number of anilines is 1. The molecule has 0 unspecified atom stereocenters. The van der Waals surface area contributed by atoms with Crippen LogP contribution in [0.25, 0.3) is 10.8 Å². The Morgan fingerprint density at radius 1 is 1.23 bits per heavy atom. The lowest BCUT2D eigenvalue weighted by Gasteiger charge is -2.08. The smallest absolute Gasteiger partial charge is 0.344 e. The Balaban J connectivity index is 1.96. The zero-order valence-electron chi connectivity index (χ0n) is 13.3. The maximum Gasteiger partial charge on any atom is 0.344 e. The minimum Gasteiger partial charge on any atom is -0.495 e. The molecule has 8 nitrogen and oxygen atoms in total. The molecular weight excluding hydrogens is 364 g/mol. The Hall–Kier alpha value is -3.39. The van der Waals surface area contributed by atoms with E-state index in [0.29, 0.717) is 16.5 Å². The van der Waals surface area contributed by atoms with Gasteiger partial charge in [0, 0.05) is 17.8 Å². The van der Waals surface area contributed by atoms with Gasteiger partial charge in [-0.25, -0.2) is 4.79 Å². The summed E-state index contributed by atoms with van der Waals surface area (Å²) < 4.78 is 10.0. The standard InChI is InChI=1S/C17H11ClN2O6/c1-25-14-5-2-10(8-13(14)18)19-16(21)15-7-9-6-11(20(23)24)3-4-12(9)17(22)26-15/h2-8H,1H3,(H,19,21). The van der Waals surface area contributed by atoms with Gasteiger partial charge in [-0.15, -0.1) is 0 Å². The van der Waals surface area contributed by atoms with E-state index in [4.69, 9.17) is 20.8 Å². The SMILES string of the molecule is COc1ccc(NC(=O)c2cc3cc([N+](=O)[O-])ccc3c(=O)o2)cc1Cl. The van der Waals surface area contributed by atoms with Crippen LogP contribution >= 0.6 is 11.6 Å². The molecule has 0 saturated heterocycles. The third kappa shape index (κ3) is 3.35. The minimum atomic E-state index is -0.768. The van der Waals surface area contributed by atoms with Crippen LogP contribution in [0, 0.1) is 10.1 Å². The van der Waals surface area contributed by atoms with Crippen LogP contribution in [-0.2, 0) is 0 Å². The largest absolute Gasteiger partial charge is 0.495 e. The molecule has 1 N–H and O–H groups in total. The monoisotopic (exact) mass is 374 g/mol. The summed E-state index contributed by atoms with van der Waals surface area (Å²) in [6.45, 7) is 0. The van der Waals surface area contributed by atoms with Crippen LogP contribution in [0.15, 0.2) is 51.7 Å². The van der Waals surface area contributed by atoms with Crippen LogP contribution in [-0.4, -0.2) is 17.9 Å². The second-order valence-electron chi connectivity index (χ2n) is 5.23. The number of amides is 1. The molecule has 26 heavy (non-hydrogen) atoms. The zero-order valence-corrected chi connectivity index (χ0v) is 14.1. The van der Waals surface area contributed by atoms with Gasteiger partial charge in [0.2, 0.25) is 0 Å². The number of carbonyl (C=O) groups is 1. The number of non-ortho nitro benzene ring substituents is 1. The van der Waals surface area contributed by atoms with E-state index in [0.717, 1.165) is 0 Å². The van der Waals surface area contributed by atoms with Crippen molar-refractivity contribution in [3.8, 4) is 5.75 Å². The van der Waals surface area contributed by atoms with Crippen LogP contribution < -0.4 is 15.7 Å². The summed E-state index contributed by atoms with van der Waals surface area (Å²) in [7, 11) is 1.46. The van der Waals surface area contributed by atoms with Crippen molar-refractivity contribution in [2.24, 2.45) is 0 Å². The minimum absolute atomic E-state index is 0.139. The number of benzene rings is 2. The van der Waals surface area contributed by atoms with E-state index in [1.807, 2.05) is 0 Å². The molecule has 0 saturated carbocycles. The van der Waals surface area contributed by atoms with E-state index in [1.165, 1.54) is 37.4 Å². The molecule has 1 amide bonds. The van der Waals surface area contributed by atoms with Crippen LogP contribution in [0.5, 0.6) is 5.75 Å². The first-order valence-electron chi connectivity index (χ1n) is 7.26. The lowest BCUT2D eigenvalue weighted by atomic mass is 10.1. The van der Waals surface area contributed by atoms with Gasteiger partial charge >= 0.3 is 5.63 Å². The van der Waals surface area contributed by atoms with Gasteiger partial charge in [-0.3, -0.25) is 14.9 Å². The zero-order chi connectivity index (χ0) is 18.8. The van der Waals surface area contributed by atoms with Crippen molar-refractivity contribution in [2.75, 3.05) is 12.4 Å². The summed E-state index contributed by atoms with van der Waals surface area (Å²) in [5.41, 5.74) is -0.603.